The van der Waals surface area contributed by atoms with Crippen LogP contribution in [0, 0.1) is 6.92 Å². The number of benzene rings is 1. The van der Waals surface area contributed by atoms with E-state index in [0.717, 1.165) is 11.3 Å². The van der Waals surface area contributed by atoms with Crippen LogP contribution in [0.15, 0.2) is 40.4 Å². The van der Waals surface area contributed by atoms with Crippen molar-refractivity contribution in [3.8, 4) is 5.75 Å². The fourth-order valence-electron chi connectivity index (χ4n) is 2.64. The summed E-state index contributed by atoms with van der Waals surface area (Å²) in [5.41, 5.74) is 1.51. The van der Waals surface area contributed by atoms with Gasteiger partial charge in [0, 0.05) is 30.5 Å². The summed E-state index contributed by atoms with van der Waals surface area (Å²) in [4.78, 5) is 28.8. The SMILES string of the molecule is COc1cccc(CNC(=O)C[C@H]2CSc3ncc(C)c(=O)n32)c1. The number of fused-ring (bicyclic) bond motifs is 1. The minimum atomic E-state index is -0.143. The van der Waals surface area contributed by atoms with E-state index in [9.17, 15) is 9.59 Å². The van der Waals surface area contributed by atoms with Gasteiger partial charge in [0.25, 0.3) is 5.56 Å². The van der Waals surface area contributed by atoms with E-state index in [1.54, 1.807) is 24.8 Å². The first-order valence-electron chi connectivity index (χ1n) is 7.69. The van der Waals surface area contributed by atoms with Gasteiger partial charge in [-0.15, -0.1) is 0 Å². The summed E-state index contributed by atoms with van der Waals surface area (Å²) in [7, 11) is 1.61. The topological polar surface area (TPSA) is 73.2 Å². The first-order valence-corrected chi connectivity index (χ1v) is 8.67. The number of aromatic nitrogens is 2. The van der Waals surface area contributed by atoms with Crippen LogP contribution in [0.25, 0.3) is 0 Å². The molecule has 3 rings (SSSR count). The quantitative estimate of drug-likeness (QED) is 0.838. The van der Waals surface area contributed by atoms with Crippen molar-refractivity contribution in [2.45, 2.75) is 31.1 Å². The maximum atomic E-state index is 12.3. The van der Waals surface area contributed by atoms with Gasteiger partial charge in [-0.2, -0.15) is 0 Å². The van der Waals surface area contributed by atoms with Crippen LogP contribution in [-0.2, 0) is 11.3 Å². The molecule has 0 saturated carbocycles. The standard InChI is InChI=1S/C17H19N3O3S/c1-11-8-19-17-20(16(11)22)13(10-24-17)7-15(21)18-9-12-4-3-5-14(6-12)23-2/h3-6,8,13H,7,9-10H2,1-2H3,(H,18,21)/t13-/m0/s1. The van der Waals surface area contributed by atoms with E-state index in [1.807, 2.05) is 24.3 Å². The molecule has 0 aliphatic carbocycles. The number of hydrogen-bond donors (Lipinski definition) is 1. The number of ether oxygens (including phenoxy) is 1. The molecule has 0 bridgehead atoms. The van der Waals surface area contributed by atoms with Crippen LogP contribution in [0.5, 0.6) is 5.75 Å². The largest absolute Gasteiger partial charge is 0.497 e. The van der Waals surface area contributed by atoms with Gasteiger partial charge < -0.3 is 10.1 Å². The number of aryl methyl sites for hydroxylation is 1. The Hall–Kier alpha value is -2.28. The summed E-state index contributed by atoms with van der Waals surface area (Å²) in [5.74, 6) is 1.37. The first-order chi connectivity index (χ1) is 11.6. The summed E-state index contributed by atoms with van der Waals surface area (Å²) < 4.78 is 6.82. The molecule has 24 heavy (non-hydrogen) atoms. The van der Waals surface area contributed by atoms with E-state index in [4.69, 9.17) is 4.74 Å². The molecule has 0 fully saturated rings. The number of nitrogens with one attached hydrogen (secondary N) is 1. The van der Waals surface area contributed by atoms with Gasteiger partial charge in [-0.3, -0.25) is 14.2 Å². The second kappa shape index (κ2) is 7.09. The smallest absolute Gasteiger partial charge is 0.257 e. The molecule has 2 heterocycles. The molecule has 0 radical (unpaired) electrons. The normalized spacial score (nSPS) is 15.8. The summed E-state index contributed by atoms with van der Waals surface area (Å²) in [6.07, 6.45) is 1.86. The van der Waals surface area contributed by atoms with Crippen LogP contribution in [0.2, 0.25) is 0 Å². The van der Waals surface area contributed by atoms with E-state index in [0.29, 0.717) is 23.0 Å². The van der Waals surface area contributed by atoms with Crippen molar-refractivity contribution in [1.82, 2.24) is 14.9 Å². The van der Waals surface area contributed by atoms with Gasteiger partial charge in [0.05, 0.1) is 13.2 Å². The number of methoxy groups -OCH3 is 1. The zero-order chi connectivity index (χ0) is 17.1. The highest BCUT2D eigenvalue weighted by Crippen LogP contribution is 2.31. The minimum Gasteiger partial charge on any atom is -0.497 e. The predicted molar refractivity (Wildman–Crippen MR) is 92.5 cm³/mol. The Labute approximate surface area is 144 Å². The average Bonchev–Trinajstić information content (AvgIpc) is 3.00. The zero-order valence-corrected chi connectivity index (χ0v) is 14.4. The van der Waals surface area contributed by atoms with Gasteiger partial charge >= 0.3 is 0 Å². The number of hydrogen-bond acceptors (Lipinski definition) is 5. The molecule has 7 heteroatoms. The minimum absolute atomic E-state index is 0.0596. The highest BCUT2D eigenvalue weighted by atomic mass is 32.2. The fraction of sp³-hybridized carbons (Fsp3) is 0.353. The summed E-state index contributed by atoms with van der Waals surface area (Å²) in [5, 5.41) is 3.59. The van der Waals surface area contributed by atoms with Crippen LogP contribution >= 0.6 is 11.8 Å². The number of rotatable bonds is 5. The molecule has 0 unspecified atom stereocenters. The second-order valence-corrected chi connectivity index (χ2v) is 6.68. The van der Waals surface area contributed by atoms with Gasteiger partial charge in [-0.05, 0) is 24.6 Å². The zero-order valence-electron chi connectivity index (χ0n) is 13.6. The van der Waals surface area contributed by atoms with Crippen molar-refractivity contribution in [3.63, 3.8) is 0 Å². The van der Waals surface area contributed by atoms with Crippen molar-refractivity contribution in [2.24, 2.45) is 0 Å². The molecule has 6 nitrogen and oxygen atoms in total. The number of amides is 1. The van der Waals surface area contributed by atoms with E-state index >= 15 is 0 Å². The Kier molecular flexibility index (Phi) is 4.89. The third-order valence-electron chi connectivity index (χ3n) is 3.95. The summed E-state index contributed by atoms with van der Waals surface area (Å²) in [6.45, 7) is 2.18. The molecule has 2 aromatic rings. The van der Waals surface area contributed by atoms with Gasteiger partial charge in [0.2, 0.25) is 5.91 Å². The summed E-state index contributed by atoms with van der Waals surface area (Å²) >= 11 is 1.52. The van der Waals surface area contributed by atoms with Crippen LogP contribution in [0.4, 0.5) is 0 Å². The molecular weight excluding hydrogens is 326 g/mol. The molecule has 1 aliphatic heterocycles. The lowest BCUT2D eigenvalue weighted by Crippen LogP contribution is -2.31. The van der Waals surface area contributed by atoms with Gasteiger partial charge in [0.1, 0.15) is 5.75 Å². The van der Waals surface area contributed by atoms with E-state index in [2.05, 4.69) is 10.3 Å². The lowest BCUT2D eigenvalue weighted by atomic mass is 10.2. The van der Waals surface area contributed by atoms with Crippen LogP contribution < -0.4 is 15.6 Å². The molecule has 0 saturated heterocycles. The first kappa shape index (κ1) is 16.6. The molecule has 1 aromatic heterocycles. The van der Waals surface area contributed by atoms with Gasteiger partial charge in [0.15, 0.2) is 5.16 Å². The Morgan fingerprint density at radius 2 is 2.33 bits per heavy atom. The Balaban J connectivity index is 1.63. The lowest BCUT2D eigenvalue weighted by molar-refractivity contribution is -0.121. The highest BCUT2D eigenvalue weighted by molar-refractivity contribution is 7.99. The van der Waals surface area contributed by atoms with Crippen molar-refractivity contribution in [2.75, 3.05) is 12.9 Å². The maximum absolute atomic E-state index is 12.3. The number of nitrogens with zero attached hydrogens (tertiary/aromatic N) is 2. The lowest BCUT2D eigenvalue weighted by Gasteiger charge is -2.13. The molecule has 0 spiro atoms. The molecule has 126 valence electrons. The predicted octanol–water partition coefficient (Wildman–Crippen LogP) is 1.91. The Morgan fingerprint density at radius 1 is 1.50 bits per heavy atom. The van der Waals surface area contributed by atoms with Crippen molar-refractivity contribution < 1.29 is 9.53 Å². The van der Waals surface area contributed by atoms with E-state index in [-0.39, 0.29) is 23.9 Å². The Morgan fingerprint density at radius 3 is 3.12 bits per heavy atom. The van der Waals surface area contributed by atoms with Gasteiger partial charge in [-0.1, -0.05) is 23.9 Å². The molecule has 1 aliphatic rings. The second-order valence-electron chi connectivity index (χ2n) is 5.70. The van der Waals surface area contributed by atoms with Crippen molar-refractivity contribution in [3.05, 3.63) is 51.9 Å². The average molecular weight is 345 g/mol. The van der Waals surface area contributed by atoms with Crippen LogP contribution in [0.3, 0.4) is 0 Å². The van der Waals surface area contributed by atoms with Crippen molar-refractivity contribution in [1.29, 1.82) is 0 Å². The third-order valence-corrected chi connectivity index (χ3v) is 5.06. The maximum Gasteiger partial charge on any atom is 0.257 e. The number of carbonyl (C=O) groups is 1. The van der Waals surface area contributed by atoms with Crippen LogP contribution in [-0.4, -0.2) is 28.3 Å². The molecule has 1 N–H and O–H groups in total. The molecular formula is C17H19N3O3S. The number of thioether (sulfide) groups is 1. The molecule has 1 aromatic carbocycles. The monoisotopic (exact) mass is 345 g/mol. The van der Waals surface area contributed by atoms with Gasteiger partial charge in [-0.25, -0.2) is 4.98 Å². The van der Waals surface area contributed by atoms with Crippen LogP contribution in [0.1, 0.15) is 23.6 Å². The fourth-order valence-corrected chi connectivity index (χ4v) is 3.75. The third kappa shape index (κ3) is 3.46. The molecule has 1 atom stereocenters. The van der Waals surface area contributed by atoms with E-state index < -0.39 is 0 Å². The molecule has 1 amide bonds. The van der Waals surface area contributed by atoms with Crippen molar-refractivity contribution >= 4 is 17.7 Å². The van der Waals surface area contributed by atoms with E-state index in [1.165, 1.54) is 11.8 Å². The number of carbonyl (C=O) groups excluding carboxylic acids is 1. The Bertz CT molecular complexity index is 819. The summed E-state index contributed by atoms with van der Waals surface area (Å²) in [6, 6.07) is 7.42. The highest BCUT2D eigenvalue weighted by Gasteiger charge is 2.27.